The zero-order chi connectivity index (χ0) is 10.4. The Bertz CT molecular complexity index is 339. The second kappa shape index (κ2) is 6.67. The van der Waals surface area contributed by atoms with Gasteiger partial charge in [0.25, 0.3) is 0 Å². The predicted octanol–water partition coefficient (Wildman–Crippen LogP) is 0.591. The number of nitrogens with zero attached hydrogens (tertiary/aromatic N) is 1. The molecule has 1 aromatic carbocycles. The fourth-order valence-electron chi connectivity index (χ4n) is 0.926. The molecule has 0 fully saturated rings. The minimum Gasteiger partial charge on any atom is -0.370 e. The van der Waals surface area contributed by atoms with Gasteiger partial charge in [-0.25, -0.2) is 9.79 Å². The maximum absolute atomic E-state index is 10.4. The Balaban J connectivity index is 0.00000196. The molecule has 0 bridgehead atoms. The molecule has 2 amide bonds. The minimum absolute atomic E-state index is 0. The van der Waals surface area contributed by atoms with Gasteiger partial charge in [0.2, 0.25) is 0 Å². The van der Waals surface area contributed by atoms with Gasteiger partial charge in [-0.2, -0.15) is 0 Å². The van der Waals surface area contributed by atoms with Gasteiger partial charge in [-0.1, -0.05) is 30.3 Å². The van der Waals surface area contributed by atoms with Crippen LogP contribution in [0.5, 0.6) is 0 Å². The number of nitrogens with one attached hydrogen (secondary N) is 1. The SMILES string of the molecule is Cl.NC(=O)NC(N)=NCc1ccccc1. The first-order valence-electron chi connectivity index (χ1n) is 4.09. The van der Waals surface area contributed by atoms with Crippen molar-refractivity contribution in [3.63, 3.8) is 0 Å². The first-order chi connectivity index (χ1) is 6.68. The predicted molar refractivity (Wildman–Crippen MR) is 61.7 cm³/mol. The number of amides is 2. The van der Waals surface area contributed by atoms with Crippen LogP contribution in [0.2, 0.25) is 0 Å². The Kier molecular flexibility index (Phi) is 5.89. The molecule has 5 N–H and O–H groups in total. The number of aliphatic imine (C=N–C) groups is 1. The molecular formula is C9H13ClN4O. The third-order valence-corrected chi connectivity index (χ3v) is 1.53. The Morgan fingerprint density at radius 3 is 2.40 bits per heavy atom. The van der Waals surface area contributed by atoms with Crippen LogP contribution in [-0.4, -0.2) is 12.0 Å². The summed E-state index contributed by atoms with van der Waals surface area (Å²) in [6.07, 6.45) is 0. The van der Waals surface area contributed by atoms with Crippen molar-refractivity contribution < 1.29 is 4.79 Å². The van der Waals surface area contributed by atoms with Crippen LogP contribution in [0.4, 0.5) is 4.79 Å². The number of carbonyl (C=O) groups excluding carboxylic acids is 1. The van der Waals surface area contributed by atoms with Gasteiger partial charge in [0.15, 0.2) is 5.96 Å². The Labute approximate surface area is 94.0 Å². The number of carbonyl (C=O) groups is 1. The topological polar surface area (TPSA) is 93.5 Å². The summed E-state index contributed by atoms with van der Waals surface area (Å²) in [5.74, 6) is 0.0290. The van der Waals surface area contributed by atoms with E-state index in [0.29, 0.717) is 6.54 Å². The first kappa shape index (κ1) is 13.2. The lowest BCUT2D eigenvalue weighted by Crippen LogP contribution is -2.40. The maximum Gasteiger partial charge on any atom is 0.318 e. The van der Waals surface area contributed by atoms with Crippen molar-refractivity contribution >= 4 is 24.4 Å². The highest BCUT2D eigenvalue weighted by atomic mass is 35.5. The van der Waals surface area contributed by atoms with Gasteiger partial charge in [-0.05, 0) is 5.56 Å². The lowest BCUT2D eigenvalue weighted by molar-refractivity contribution is 0.253. The smallest absolute Gasteiger partial charge is 0.318 e. The Hall–Kier alpha value is -1.75. The maximum atomic E-state index is 10.4. The standard InChI is InChI=1S/C9H12N4O.ClH/c10-8(13-9(11)14)12-6-7-4-2-1-3-5-7;/h1-5H,6H2,(H5,10,11,12,13,14);1H. The number of guanidine groups is 1. The molecule has 82 valence electrons. The molecule has 0 aliphatic heterocycles. The quantitative estimate of drug-likeness (QED) is 0.511. The van der Waals surface area contributed by atoms with Crippen LogP contribution in [0.1, 0.15) is 5.56 Å². The van der Waals surface area contributed by atoms with Crippen molar-refractivity contribution in [2.75, 3.05) is 0 Å². The third kappa shape index (κ3) is 5.53. The van der Waals surface area contributed by atoms with Crippen LogP contribution in [0.15, 0.2) is 35.3 Å². The molecule has 0 spiro atoms. The van der Waals surface area contributed by atoms with Crippen LogP contribution >= 0.6 is 12.4 Å². The molecule has 0 saturated heterocycles. The zero-order valence-electron chi connectivity index (χ0n) is 8.01. The number of benzene rings is 1. The summed E-state index contributed by atoms with van der Waals surface area (Å²) in [6.45, 7) is 0.424. The van der Waals surface area contributed by atoms with Crippen molar-refractivity contribution in [3.05, 3.63) is 35.9 Å². The molecular weight excluding hydrogens is 216 g/mol. The van der Waals surface area contributed by atoms with Crippen molar-refractivity contribution in [2.45, 2.75) is 6.54 Å². The molecule has 0 unspecified atom stereocenters. The highest BCUT2D eigenvalue weighted by molar-refractivity contribution is 5.94. The van der Waals surface area contributed by atoms with E-state index in [-0.39, 0.29) is 18.4 Å². The fourth-order valence-corrected chi connectivity index (χ4v) is 0.926. The summed E-state index contributed by atoms with van der Waals surface area (Å²) in [6, 6.07) is 8.85. The number of urea groups is 1. The number of hydrogen-bond donors (Lipinski definition) is 3. The molecule has 5 nitrogen and oxygen atoms in total. The molecule has 6 heteroatoms. The van der Waals surface area contributed by atoms with Crippen LogP contribution in [0.25, 0.3) is 0 Å². The van der Waals surface area contributed by atoms with Crippen molar-refractivity contribution in [1.29, 1.82) is 0 Å². The first-order valence-corrected chi connectivity index (χ1v) is 4.09. The number of hydrogen-bond acceptors (Lipinski definition) is 2. The molecule has 1 rings (SSSR count). The van der Waals surface area contributed by atoms with E-state index in [1.54, 1.807) is 0 Å². The lowest BCUT2D eigenvalue weighted by atomic mass is 10.2. The van der Waals surface area contributed by atoms with Gasteiger partial charge in [0.05, 0.1) is 6.54 Å². The molecule has 0 aliphatic carbocycles. The largest absolute Gasteiger partial charge is 0.370 e. The van der Waals surface area contributed by atoms with E-state index in [1.165, 1.54) is 0 Å². The van der Waals surface area contributed by atoms with E-state index >= 15 is 0 Å². The van der Waals surface area contributed by atoms with Crippen molar-refractivity contribution in [1.82, 2.24) is 5.32 Å². The number of nitrogens with two attached hydrogens (primary N) is 2. The third-order valence-electron chi connectivity index (χ3n) is 1.53. The second-order valence-electron chi connectivity index (χ2n) is 2.68. The average molecular weight is 229 g/mol. The summed E-state index contributed by atoms with van der Waals surface area (Å²) in [5, 5.41) is 2.18. The summed E-state index contributed by atoms with van der Waals surface area (Å²) in [4.78, 5) is 14.3. The molecule has 1 aromatic rings. The molecule has 0 radical (unpaired) electrons. The minimum atomic E-state index is -0.709. The zero-order valence-corrected chi connectivity index (χ0v) is 8.83. The van der Waals surface area contributed by atoms with Gasteiger partial charge < -0.3 is 11.5 Å². The molecule has 0 atom stereocenters. The summed E-state index contributed by atoms with van der Waals surface area (Å²) >= 11 is 0. The molecule has 0 aromatic heterocycles. The summed E-state index contributed by atoms with van der Waals surface area (Å²) < 4.78 is 0. The van der Waals surface area contributed by atoms with E-state index < -0.39 is 6.03 Å². The van der Waals surface area contributed by atoms with E-state index in [2.05, 4.69) is 10.3 Å². The fraction of sp³-hybridized carbons (Fsp3) is 0.111. The van der Waals surface area contributed by atoms with E-state index in [1.807, 2.05) is 30.3 Å². The molecule has 0 heterocycles. The normalized spacial score (nSPS) is 10.3. The van der Waals surface area contributed by atoms with E-state index in [4.69, 9.17) is 11.5 Å². The van der Waals surface area contributed by atoms with Crippen molar-refractivity contribution in [3.8, 4) is 0 Å². The molecule has 0 aliphatic rings. The van der Waals surface area contributed by atoms with Crippen LogP contribution in [-0.2, 0) is 6.54 Å². The van der Waals surface area contributed by atoms with Gasteiger partial charge in [0, 0.05) is 0 Å². The average Bonchev–Trinajstić information content (AvgIpc) is 2.15. The van der Waals surface area contributed by atoms with E-state index in [9.17, 15) is 4.79 Å². The van der Waals surface area contributed by atoms with Crippen LogP contribution in [0.3, 0.4) is 0 Å². The van der Waals surface area contributed by atoms with Gasteiger partial charge >= 0.3 is 6.03 Å². The summed E-state index contributed by atoms with van der Waals surface area (Å²) in [7, 11) is 0. The monoisotopic (exact) mass is 228 g/mol. The van der Waals surface area contributed by atoms with Gasteiger partial charge in [0.1, 0.15) is 0 Å². The molecule has 15 heavy (non-hydrogen) atoms. The Morgan fingerprint density at radius 1 is 1.27 bits per heavy atom. The lowest BCUT2D eigenvalue weighted by Gasteiger charge is -2.00. The molecule has 0 saturated carbocycles. The highest BCUT2D eigenvalue weighted by Crippen LogP contribution is 1.99. The number of halogens is 1. The van der Waals surface area contributed by atoms with Gasteiger partial charge in [-0.15, -0.1) is 12.4 Å². The number of primary amides is 1. The highest BCUT2D eigenvalue weighted by Gasteiger charge is 1.94. The van der Waals surface area contributed by atoms with Crippen LogP contribution < -0.4 is 16.8 Å². The van der Waals surface area contributed by atoms with Crippen molar-refractivity contribution in [2.24, 2.45) is 16.5 Å². The van der Waals surface area contributed by atoms with Crippen LogP contribution in [0, 0.1) is 0 Å². The second-order valence-corrected chi connectivity index (χ2v) is 2.68. The van der Waals surface area contributed by atoms with E-state index in [0.717, 1.165) is 5.56 Å². The summed E-state index contributed by atoms with van der Waals surface area (Å²) in [5.41, 5.74) is 11.2. The Morgan fingerprint density at radius 2 is 1.87 bits per heavy atom. The number of rotatable bonds is 2. The van der Waals surface area contributed by atoms with Gasteiger partial charge in [-0.3, -0.25) is 5.32 Å².